The van der Waals surface area contributed by atoms with Crippen LogP contribution >= 0.6 is 11.3 Å². The van der Waals surface area contributed by atoms with Gasteiger partial charge in [0.2, 0.25) is 5.91 Å². The number of thiophene rings is 1. The van der Waals surface area contributed by atoms with Crippen LogP contribution in [-0.4, -0.2) is 23.4 Å². The maximum atomic E-state index is 12.8. The van der Waals surface area contributed by atoms with E-state index in [1.165, 1.54) is 18.4 Å². The van der Waals surface area contributed by atoms with Crippen molar-refractivity contribution >= 4 is 17.2 Å². The van der Waals surface area contributed by atoms with Crippen molar-refractivity contribution in [2.24, 2.45) is 11.8 Å². The van der Waals surface area contributed by atoms with E-state index in [0.29, 0.717) is 11.8 Å². The van der Waals surface area contributed by atoms with Crippen LogP contribution in [0.4, 0.5) is 0 Å². The van der Waals surface area contributed by atoms with Crippen LogP contribution in [0.5, 0.6) is 0 Å². The van der Waals surface area contributed by atoms with Crippen molar-refractivity contribution in [2.75, 3.05) is 6.54 Å². The molecule has 0 aromatic carbocycles. The average Bonchev–Trinajstić information content (AvgIpc) is 3.12. The number of nitrogens with zero attached hydrogens (tertiary/aromatic N) is 1. The lowest BCUT2D eigenvalue weighted by molar-refractivity contribution is -0.130. The van der Waals surface area contributed by atoms with E-state index in [1.54, 1.807) is 11.3 Å². The van der Waals surface area contributed by atoms with E-state index in [9.17, 15) is 4.79 Å². The van der Waals surface area contributed by atoms with Crippen LogP contribution in [0, 0.1) is 11.8 Å². The summed E-state index contributed by atoms with van der Waals surface area (Å²) in [5.41, 5.74) is 1.25. The molecule has 116 valence electrons. The van der Waals surface area contributed by atoms with E-state index in [2.05, 4.69) is 40.9 Å². The van der Waals surface area contributed by atoms with E-state index in [1.807, 2.05) is 0 Å². The van der Waals surface area contributed by atoms with Crippen molar-refractivity contribution in [3.8, 4) is 0 Å². The summed E-state index contributed by atoms with van der Waals surface area (Å²) in [7, 11) is 0. The van der Waals surface area contributed by atoms with Crippen LogP contribution in [0.2, 0.25) is 0 Å². The highest BCUT2D eigenvalue weighted by Gasteiger charge is 2.41. The van der Waals surface area contributed by atoms with Gasteiger partial charge in [0.25, 0.3) is 0 Å². The molecule has 0 spiro atoms. The second kappa shape index (κ2) is 6.49. The molecule has 3 atom stereocenters. The lowest BCUT2D eigenvalue weighted by Gasteiger charge is -2.26. The van der Waals surface area contributed by atoms with Crippen molar-refractivity contribution in [2.45, 2.75) is 58.2 Å². The summed E-state index contributed by atoms with van der Waals surface area (Å²) < 4.78 is 0. The summed E-state index contributed by atoms with van der Waals surface area (Å²) in [4.78, 5) is 14.9. The maximum absolute atomic E-state index is 12.8. The molecule has 21 heavy (non-hydrogen) atoms. The quantitative estimate of drug-likeness (QED) is 0.831. The summed E-state index contributed by atoms with van der Waals surface area (Å²) in [5, 5.41) is 7.84. The van der Waals surface area contributed by atoms with Gasteiger partial charge < -0.3 is 4.90 Å². The lowest BCUT2D eigenvalue weighted by atomic mass is 10.0. The van der Waals surface area contributed by atoms with Crippen LogP contribution < -0.4 is 5.32 Å². The Morgan fingerprint density at radius 3 is 2.90 bits per heavy atom. The molecular formula is C17H26N2OS. The second-order valence-electron chi connectivity index (χ2n) is 6.63. The molecular weight excluding hydrogens is 280 g/mol. The standard InChI is InChI=1S/C17H26N2OS/c1-3-4-5-15-17(20)19(10-12(2)13-6-7-13)16(18-15)14-8-9-21-11-14/h8-9,11-13,15-16,18H,3-7,10H2,1-2H3. The van der Waals surface area contributed by atoms with Gasteiger partial charge in [-0.25, -0.2) is 0 Å². The molecule has 1 aliphatic heterocycles. The maximum Gasteiger partial charge on any atom is 0.241 e. The van der Waals surface area contributed by atoms with E-state index in [0.717, 1.165) is 31.7 Å². The van der Waals surface area contributed by atoms with E-state index in [4.69, 9.17) is 0 Å². The smallest absolute Gasteiger partial charge is 0.241 e. The van der Waals surface area contributed by atoms with Gasteiger partial charge in [-0.05, 0) is 53.5 Å². The van der Waals surface area contributed by atoms with Crippen LogP contribution in [0.1, 0.15) is 57.7 Å². The summed E-state index contributed by atoms with van der Waals surface area (Å²) in [6, 6.07) is 2.16. The molecule has 1 amide bonds. The molecule has 2 aliphatic rings. The van der Waals surface area contributed by atoms with E-state index in [-0.39, 0.29) is 12.2 Å². The van der Waals surface area contributed by atoms with Gasteiger partial charge in [-0.1, -0.05) is 26.7 Å². The van der Waals surface area contributed by atoms with Gasteiger partial charge in [-0.15, -0.1) is 0 Å². The van der Waals surface area contributed by atoms with Crippen molar-refractivity contribution in [1.29, 1.82) is 0 Å². The number of carbonyl (C=O) groups excluding carboxylic acids is 1. The third kappa shape index (κ3) is 3.32. The third-order valence-corrected chi connectivity index (χ3v) is 5.57. The molecule has 1 N–H and O–H groups in total. The fraction of sp³-hybridized carbons (Fsp3) is 0.706. The first-order valence-corrected chi connectivity index (χ1v) is 9.23. The van der Waals surface area contributed by atoms with Gasteiger partial charge in [0.1, 0.15) is 6.17 Å². The molecule has 2 heterocycles. The summed E-state index contributed by atoms with van der Waals surface area (Å²) >= 11 is 1.71. The highest BCUT2D eigenvalue weighted by atomic mass is 32.1. The Labute approximate surface area is 131 Å². The lowest BCUT2D eigenvalue weighted by Crippen LogP contribution is -2.35. The van der Waals surface area contributed by atoms with Gasteiger partial charge in [-0.2, -0.15) is 11.3 Å². The number of unbranched alkanes of at least 4 members (excludes halogenated alkanes) is 1. The number of hydrogen-bond donors (Lipinski definition) is 1. The van der Waals surface area contributed by atoms with Crippen molar-refractivity contribution in [3.63, 3.8) is 0 Å². The monoisotopic (exact) mass is 306 g/mol. The SMILES string of the molecule is CCCCC1NC(c2ccsc2)N(CC(C)C2CC2)C1=O. The summed E-state index contributed by atoms with van der Waals surface area (Å²) in [6.07, 6.45) is 6.01. The van der Waals surface area contributed by atoms with Gasteiger partial charge in [-0.3, -0.25) is 10.1 Å². The predicted molar refractivity (Wildman–Crippen MR) is 87.1 cm³/mol. The second-order valence-corrected chi connectivity index (χ2v) is 7.41. The number of nitrogens with one attached hydrogen (secondary N) is 1. The topological polar surface area (TPSA) is 32.3 Å². The van der Waals surface area contributed by atoms with Crippen LogP contribution in [-0.2, 0) is 4.79 Å². The minimum absolute atomic E-state index is 0.0150. The molecule has 2 fully saturated rings. The fourth-order valence-electron chi connectivity index (χ4n) is 3.32. The Kier molecular flexibility index (Phi) is 4.65. The molecule has 1 aromatic rings. The van der Waals surface area contributed by atoms with Crippen LogP contribution in [0.25, 0.3) is 0 Å². The van der Waals surface area contributed by atoms with Crippen LogP contribution in [0.3, 0.4) is 0 Å². The van der Waals surface area contributed by atoms with E-state index >= 15 is 0 Å². The highest BCUT2D eigenvalue weighted by Crippen LogP contribution is 2.39. The summed E-state index contributed by atoms with van der Waals surface area (Å²) in [5.74, 6) is 1.78. The zero-order valence-electron chi connectivity index (χ0n) is 13.0. The predicted octanol–water partition coefficient (Wildman–Crippen LogP) is 3.78. The first kappa shape index (κ1) is 15.0. The van der Waals surface area contributed by atoms with Gasteiger partial charge in [0.15, 0.2) is 0 Å². The number of carbonyl (C=O) groups is 1. The van der Waals surface area contributed by atoms with Gasteiger partial charge in [0, 0.05) is 6.54 Å². The minimum Gasteiger partial charge on any atom is -0.321 e. The molecule has 3 rings (SSSR count). The molecule has 1 aliphatic carbocycles. The third-order valence-electron chi connectivity index (χ3n) is 4.87. The highest BCUT2D eigenvalue weighted by molar-refractivity contribution is 7.07. The Balaban J connectivity index is 1.73. The molecule has 0 bridgehead atoms. The first-order chi connectivity index (χ1) is 10.2. The van der Waals surface area contributed by atoms with E-state index < -0.39 is 0 Å². The van der Waals surface area contributed by atoms with Crippen LogP contribution in [0.15, 0.2) is 16.8 Å². The summed E-state index contributed by atoms with van der Waals surface area (Å²) in [6.45, 7) is 5.39. The average molecular weight is 306 g/mol. The molecule has 1 saturated carbocycles. The molecule has 4 heteroatoms. The van der Waals surface area contributed by atoms with Crippen molar-refractivity contribution in [1.82, 2.24) is 10.2 Å². The molecule has 1 saturated heterocycles. The Morgan fingerprint density at radius 1 is 1.48 bits per heavy atom. The number of rotatable bonds is 7. The Bertz CT molecular complexity index is 469. The first-order valence-electron chi connectivity index (χ1n) is 8.29. The fourth-order valence-corrected chi connectivity index (χ4v) is 4.00. The largest absolute Gasteiger partial charge is 0.321 e. The Morgan fingerprint density at radius 2 is 2.29 bits per heavy atom. The number of amides is 1. The molecule has 3 unspecified atom stereocenters. The zero-order chi connectivity index (χ0) is 14.8. The molecule has 3 nitrogen and oxygen atoms in total. The minimum atomic E-state index is 0.0150. The molecule has 1 aromatic heterocycles. The normalized spacial score (nSPS) is 27.3. The van der Waals surface area contributed by atoms with Crippen molar-refractivity contribution < 1.29 is 4.79 Å². The molecule has 0 radical (unpaired) electrons. The van der Waals surface area contributed by atoms with Crippen molar-refractivity contribution in [3.05, 3.63) is 22.4 Å². The van der Waals surface area contributed by atoms with Gasteiger partial charge >= 0.3 is 0 Å². The Hall–Kier alpha value is -0.870. The number of hydrogen-bond acceptors (Lipinski definition) is 3. The van der Waals surface area contributed by atoms with Gasteiger partial charge in [0.05, 0.1) is 6.04 Å². The zero-order valence-corrected chi connectivity index (χ0v) is 13.9.